The van der Waals surface area contributed by atoms with Crippen molar-refractivity contribution >= 4 is 67.2 Å². The zero-order valence-electron chi connectivity index (χ0n) is 59.0. The molecule has 0 amide bonds. The molecule has 12 aromatic rings. The van der Waals surface area contributed by atoms with Gasteiger partial charge in [-0.2, -0.15) is 0 Å². The summed E-state index contributed by atoms with van der Waals surface area (Å²) in [5.74, 6) is -2.07. The van der Waals surface area contributed by atoms with Crippen molar-refractivity contribution in [1.29, 1.82) is 0 Å². The minimum atomic E-state index is -0.749. The number of hydrogen-bond acceptors (Lipinski definition) is 9. The van der Waals surface area contributed by atoms with Crippen molar-refractivity contribution in [2.24, 2.45) is 53.3 Å². The highest BCUT2D eigenvalue weighted by atomic mass is 19.2. The van der Waals surface area contributed by atoms with Gasteiger partial charge in [-0.3, -0.25) is 15.0 Å². The molecule has 24 heteroatoms. The number of halogens is 9. The normalized spacial score (nSPS) is 23.1. The maximum Gasteiger partial charge on any atom is 0.223 e. The molecule has 9 heterocycles. The molecule has 9 aliphatic carbocycles. The minimum Gasteiger partial charge on any atom is -0.364 e. The number of nitrogens with one attached hydrogen (secondary N) is 6. The van der Waals surface area contributed by atoms with Crippen LogP contribution in [0.15, 0.2) is 129 Å². The largest absolute Gasteiger partial charge is 0.364 e. The molecule has 15 nitrogen and oxygen atoms in total. The van der Waals surface area contributed by atoms with Crippen LogP contribution >= 0.6 is 0 Å². The molecular weight excluding hydrogens is 1390 g/mol. The highest BCUT2D eigenvalue weighted by molar-refractivity contribution is 6.04. The van der Waals surface area contributed by atoms with Crippen LogP contribution in [0.5, 0.6) is 0 Å². The van der Waals surface area contributed by atoms with Crippen LogP contribution in [0.1, 0.15) is 97.8 Å². The van der Waals surface area contributed by atoms with E-state index in [1.165, 1.54) is 93.9 Å². The SMILES string of the molecule is [C-]#[N+]c1c(-c2c[nH]c3c(F)cc(F)cc23)nc(NC2C3CCC(CC3)C2C)c(F)c1-c1cccnc1.[C-]#[N+]c1c(-c2c[nH]c3c(F)cc(F)cc23)nc(N[C@@H]2C3CCC(CC3)[C@H]2C)c(F)c1-c1cccnc1.[C-]#[N+]c1c(-c2c[nH]c3c(F)cc(F)cc23)nc(N[C@H]2C3CCC(CC3)[C@@H]2C)c(F)c1-c1cccnc1. The summed E-state index contributed by atoms with van der Waals surface area (Å²) >= 11 is 0. The summed E-state index contributed by atoms with van der Waals surface area (Å²) in [6.07, 6.45) is 27.4. The maximum atomic E-state index is 16.2. The fourth-order valence-corrected chi connectivity index (χ4v) is 18.7. The molecule has 21 rings (SSSR count). The van der Waals surface area contributed by atoms with E-state index in [4.69, 9.17) is 19.7 Å². The second-order valence-corrected chi connectivity index (χ2v) is 29.8. The predicted octanol–water partition coefficient (Wildman–Crippen LogP) is 22.5. The third-order valence-electron chi connectivity index (χ3n) is 24.2. The van der Waals surface area contributed by atoms with Gasteiger partial charge in [-0.1, -0.05) is 39.0 Å². The van der Waals surface area contributed by atoms with Gasteiger partial charge >= 0.3 is 0 Å². The molecule has 9 aliphatic rings. The van der Waals surface area contributed by atoms with E-state index < -0.39 is 52.4 Å². The third-order valence-corrected chi connectivity index (χ3v) is 24.2. The monoisotopic (exact) mass is 1460 g/mol. The molecule has 0 aliphatic heterocycles. The van der Waals surface area contributed by atoms with E-state index in [2.05, 4.69) is 96.1 Å². The summed E-state index contributed by atoms with van der Waals surface area (Å²) in [5, 5.41) is 10.9. The van der Waals surface area contributed by atoms with E-state index in [0.717, 1.165) is 56.7 Å². The Bertz CT molecular complexity index is 5040. The van der Waals surface area contributed by atoms with Crippen LogP contribution in [0.2, 0.25) is 0 Å². The first-order valence-electron chi connectivity index (χ1n) is 36.6. The fourth-order valence-electron chi connectivity index (χ4n) is 18.7. The number of anilines is 3. The van der Waals surface area contributed by atoms with E-state index in [1.807, 2.05) is 0 Å². The highest BCUT2D eigenvalue weighted by Gasteiger charge is 2.45. The van der Waals surface area contributed by atoms with Crippen molar-refractivity contribution in [3.8, 4) is 67.2 Å². The lowest BCUT2D eigenvalue weighted by Gasteiger charge is -2.47. The van der Waals surface area contributed by atoms with Crippen molar-refractivity contribution in [2.45, 2.75) is 116 Å². The molecule has 2 unspecified atom stereocenters. The van der Waals surface area contributed by atoms with Crippen LogP contribution in [-0.4, -0.2) is 63.0 Å². The number of aromatic amines is 3. The highest BCUT2D eigenvalue weighted by Crippen LogP contribution is 2.53. The number of aromatic nitrogens is 9. The van der Waals surface area contributed by atoms with Gasteiger partial charge in [0.25, 0.3) is 0 Å². The molecule has 3 aromatic carbocycles. The van der Waals surface area contributed by atoms with E-state index in [-0.39, 0.29) is 119 Å². The smallest absolute Gasteiger partial charge is 0.223 e. The first kappa shape index (κ1) is 70.7. The lowest BCUT2D eigenvalue weighted by Crippen LogP contribution is -2.47. The summed E-state index contributed by atoms with van der Waals surface area (Å²) in [6, 6.07) is 16.2. The van der Waals surface area contributed by atoms with Gasteiger partial charge in [0.05, 0.1) is 53.3 Å². The molecule has 9 fully saturated rings. The second-order valence-electron chi connectivity index (χ2n) is 29.8. The maximum absolute atomic E-state index is 16.2. The Hall–Kier alpha value is -11.6. The minimum absolute atomic E-state index is 0.0326. The molecule has 6 atom stereocenters. The molecule has 0 spiro atoms. The van der Waals surface area contributed by atoms with E-state index in [1.54, 1.807) is 55.0 Å². The molecule has 6 N–H and O–H groups in total. The summed E-state index contributed by atoms with van der Waals surface area (Å²) in [7, 11) is 0. The zero-order valence-corrected chi connectivity index (χ0v) is 59.0. The number of hydrogen-bond donors (Lipinski definition) is 6. The van der Waals surface area contributed by atoms with Gasteiger partial charge in [-0.25, -0.2) is 69.0 Å². The number of fused-ring (bicyclic) bond motifs is 12. The molecule has 9 aromatic heterocycles. The van der Waals surface area contributed by atoms with E-state index in [9.17, 15) is 26.3 Å². The summed E-state index contributed by atoms with van der Waals surface area (Å²) in [6.45, 7) is 30.3. The van der Waals surface area contributed by atoms with Gasteiger partial charge in [0.1, 0.15) is 34.9 Å². The van der Waals surface area contributed by atoms with Crippen molar-refractivity contribution in [1.82, 2.24) is 44.9 Å². The van der Waals surface area contributed by atoms with Crippen LogP contribution < -0.4 is 16.0 Å². The summed E-state index contributed by atoms with van der Waals surface area (Å²) in [4.78, 5) is 45.6. The first-order chi connectivity index (χ1) is 52.4. The molecule has 108 heavy (non-hydrogen) atoms. The fraction of sp³-hybridized carbons (Fsp3) is 0.321. The topological polar surface area (TPSA) is 174 Å². The standard InChI is InChI=1S/3C28H24F3N5/c3*1-14-15-5-7-16(8-6-15)24(14)35-28-23(31)22(17-4-3-9-33-12-17)27(32-2)26(36-28)20-13-34-25-19(20)10-18(29)11-21(25)30/h3*3-4,9-16,24,34H,5-8H2,1H3,(H,35,36)/t2*14-,15?,16?,24+;/m10./s1. The summed E-state index contributed by atoms with van der Waals surface area (Å²) < 4.78 is 134. The van der Waals surface area contributed by atoms with Crippen molar-refractivity contribution in [2.75, 3.05) is 16.0 Å². The Morgan fingerprint density at radius 1 is 0.370 bits per heavy atom. The Balaban J connectivity index is 0.000000124. The van der Waals surface area contributed by atoms with Gasteiger partial charge in [-0.05, 0) is 183 Å². The zero-order chi connectivity index (χ0) is 74.9. The number of benzene rings is 3. The number of H-pyrrole nitrogens is 3. The van der Waals surface area contributed by atoms with Crippen molar-refractivity contribution < 1.29 is 39.5 Å². The lowest BCUT2D eigenvalue weighted by molar-refractivity contribution is 0.0926. The molecular formula is C84H72F9N15. The Morgan fingerprint density at radius 3 is 0.861 bits per heavy atom. The number of pyridine rings is 6. The van der Waals surface area contributed by atoms with E-state index >= 15 is 13.2 Å². The van der Waals surface area contributed by atoms with Crippen LogP contribution in [-0.2, 0) is 0 Å². The van der Waals surface area contributed by atoms with Gasteiger partial charge in [-0.15, -0.1) is 0 Å². The molecule has 0 saturated heterocycles. The summed E-state index contributed by atoms with van der Waals surface area (Å²) in [5.41, 5.74) is 3.22. The lowest BCUT2D eigenvalue weighted by atomic mass is 9.62. The predicted molar refractivity (Wildman–Crippen MR) is 399 cm³/mol. The Kier molecular flexibility index (Phi) is 19.0. The van der Waals surface area contributed by atoms with Gasteiger partial charge in [0.2, 0.25) is 17.1 Å². The van der Waals surface area contributed by atoms with Gasteiger partial charge < -0.3 is 30.9 Å². The van der Waals surface area contributed by atoms with Crippen LogP contribution in [0.3, 0.4) is 0 Å². The average molecular weight is 1460 g/mol. The third kappa shape index (κ3) is 12.6. The van der Waals surface area contributed by atoms with Crippen molar-refractivity contribution in [3.63, 3.8) is 0 Å². The number of rotatable bonds is 12. The number of nitrogens with zero attached hydrogens (tertiary/aromatic N) is 9. The van der Waals surface area contributed by atoms with E-state index in [0.29, 0.717) is 86.6 Å². The van der Waals surface area contributed by atoms with Crippen molar-refractivity contribution in [3.05, 3.63) is 215 Å². The van der Waals surface area contributed by atoms with Crippen LogP contribution in [0.25, 0.3) is 114 Å². The first-order valence-corrected chi connectivity index (χ1v) is 36.6. The Labute approximate surface area is 616 Å². The van der Waals surface area contributed by atoms with Gasteiger partial charge in [0.15, 0.2) is 34.9 Å². The van der Waals surface area contributed by atoms with Crippen LogP contribution in [0.4, 0.5) is 74.0 Å². The molecule has 546 valence electrons. The molecule has 9 saturated carbocycles. The average Bonchev–Trinajstić information content (AvgIpc) is 1.34. The molecule has 0 radical (unpaired) electrons. The van der Waals surface area contributed by atoms with Crippen LogP contribution in [0, 0.1) is 125 Å². The second kappa shape index (κ2) is 28.9. The Morgan fingerprint density at radius 2 is 0.630 bits per heavy atom. The molecule has 6 bridgehead atoms. The quantitative estimate of drug-likeness (QED) is 0.0514. The van der Waals surface area contributed by atoms with Gasteiger partial charge in [0, 0.05) is 142 Å².